The number of nitrogens with one attached hydrogen (secondary N) is 1. The minimum Gasteiger partial charge on any atom is -0.342 e. The molecule has 2 aliphatic heterocycles. The van der Waals surface area contributed by atoms with Crippen LogP contribution in [0, 0.1) is 5.92 Å². The van der Waals surface area contributed by atoms with Gasteiger partial charge in [-0.15, -0.1) is 0 Å². The fourth-order valence-corrected chi connectivity index (χ4v) is 2.89. The largest absolute Gasteiger partial charge is 0.342 e. The summed E-state index contributed by atoms with van der Waals surface area (Å²) in [7, 11) is 0. The van der Waals surface area contributed by atoms with E-state index in [-0.39, 0.29) is 5.92 Å². The minimum atomic E-state index is 0.262. The van der Waals surface area contributed by atoms with Crippen LogP contribution in [0.25, 0.3) is 0 Å². The van der Waals surface area contributed by atoms with E-state index < -0.39 is 0 Å². The van der Waals surface area contributed by atoms with Gasteiger partial charge in [0, 0.05) is 25.0 Å². The second kappa shape index (κ2) is 5.67. The van der Waals surface area contributed by atoms with Crippen LogP contribution in [0.4, 0.5) is 0 Å². The second-order valence-electron chi connectivity index (χ2n) is 5.30. The third-order valence-corrected chi connectivity index (χ3v) is 3.94. The van der Waals surface area contributed by atoms with Gasteiger partial charge in [-0.25, -0.2) is 0 Å². The Kier molecular flexibility index (Phi) is 4.22. The van der Waals surface area contributed by atoms with E-state index in [0.29, 0.717) is 5.91 Å². The summed E-state index contributed by atoms with van der Waals surface area (Å²) in [5, 5.41) is 3.51. The topological polar surface area (TPSA) is 32.3 Å². The number of likely N-dealkylation sites (tertiary alicyclic amines) is 1. The Morgan fingerprint density at radius 2 is 2.25 bits per heavy atom. The maximum absolute atomic E-state index is 11.9. The van der Waals surface area contributed by atoms with E-state index in [9.17, 15) is 4.79 Å². The van der Waals surface area contributed by atoms with Gasteiger partial charge in [-0.1, -0.05) is 6.92 Å². The second-order valence-corrected chi connectivity index (χ2v) is 5.30. The molecule has 2 saturated heterocycles. The molecular formula is C13H24N2O. The standard InChI is InChI=1S/C13H24N2O/c1-11-5-3-9-15(13(11)16)10-4-7-12-6-2-8-14-12/h11-12,14H,2-10H2,1H3. The molecule has 0 radical (unpaired) electrons. The molecule has 0 bridgehead atoms. The van der Waals surface area contributed by atoms with Gasteiger partial charge < -0.3 is 10.2 Å². The molecule has 2 rings (SSSR count). The first kappa shape index (κ1) is 11.9. The third kappa shape index (κ3) is 2.97. The first-order chi connectivity index (χ1) is 7.77. The number of carbonyl (C=O) groups excluding carboxylic acids is 1. The smallest absolute Gasteiger partial charge is 0.225 e. The van der Waals surface area contributed by atoms with Gasteiger partial charge in [0.25, 0.3) is 0 Å². The van der Waals surface area contributed by atoms with Crippen molar-refractivity contribution >= 4 is 5.91 Å². The number of rotatable bonds is 4. The van der Waals surface area contributed by atoms with Crippen LogP contribution in [-0.4, -0.2) is 36.5 Å². The van der Waals surface area contributed by atoms with Crippen molar-refractivity contribution in [2.45, 2.75) is 51.5 Å². The van der Waals surface area contributed by atoms with Crippen LogP contribution < -0.4 is 5.32 Å². The molecule has 0 aromatic heterocycles. The Bertz CT molecular complexity index is 236. The number of hydrogen-bond acceptors (Lipinski definition) is 2. The maximum Gasteiger partial charge on any atom is 0.225 e. The number of carbonyl (C=O) groups is 1. The predicted molar refractivity (Wildman–Crippen MR) is 65.2 cm³/mol. The Hall–Kier alpha value is -0.570. The quantitative estimate of drug-likeness (QED) is 0.789. The number of nitrogens with zero attached hydrogens (tertiary/aromatic N) is 1. The summed E-state index contributed by atoms with van der Waals surface area (Å²) >= 11 is 0. The maximum atomic E-state index is 11.9. The molecule has 2 atom stereocenters. The molecular weight excluding hydrogens is 200 g/mol. The normalized spacial score (nSPS) is 31.1. The highest BCUT2D eigenvalue weighted by Crippen LogP contribution is 2.18. The lowest BCUT2D eigenvalue weighted by Crippen LogP contribution is -2.41. The van der Waals surface area contributed by atoms with Crippen LogP contribution in [0.5, 0.6) is 0 Å². The Morgan fingerprint density at radius 3 is 3.00 bits per heavy atom. The molecule has 0 aromatic carbocycles. The van der Waals surface area contributed by atoms with E-state index in [2.05, 4.69) is 17.1 Å². The molecule has 1 N–H and O–H groups in total. The van der Waals surface area contributed by atoms with Crippen molar-refractivity contribution < 1.29 is 4.79 Å². The molecule has 2 heterocycles. The van der Waals surface area contributed by atoms with Gasteiger partial charge >= 0.3 is 0 Å². The molecule has 0 spiro atoms. The van der Waals surface area contributed by atoms with Gasteiger partial charge in [0.2, 0.25) is 5.91 Å². The van der Waals surface area contributed by atoms with E-state index in [1.807, 2.05) is 0 Å². The van der Waals surface area contributed by atoms with Gasteiger partial charge in [0.1, 0.15) is 0 Å². The minimum absolute atomic E-state index is 0.262. The van der Waals surface area contributed by atoms with Gasteiger partial charge in [-0.3, -0.25) is 4.79 Å². The lowest BCUT2D eigenvalue weighted by molar-refractivity contribution is -0.137. The first-order valence-corrected chi connectivity index (χ1v) is 6.79. The Balaban J connectivity index is 1.66. The zero-order valence-corrected chi connectivity index (χ0v) is 10.4. The van der Waals surface area contributed by atoms with Gasteiger partial charge in [-0.05, 0) is 45.1 Å². The summed E-state index contributed by atoms with van der Waals surface area (Å²) in [5.41, 5.74) is 0. The van der Waals surface area contributed by atoms with E-state index >= 15 is 0 Å². The summed E-state index contributed by atoms with van der Waals surface area (Å²) in [6.07, 6.45) is 7.32. The highest BCUT2D eigenvalue weighted by molar-refractivity contribution is 5.79. The average molecular weight is 224 g/mol. The fraction of sp³-hybridized carbons (Fsp3) is 0.923. The number of piperidine rings is 1. The van der Waals surface area contributed by atoms with Gasteiger partial charge in [0.15, 0.2) is 0 Å². The molecule has 0 aliphatic carbocycles. The highest BCUT2D eigenvalue weighted by atomic mass is 16.2. The van der Waals surface area contributed by atoms with E-state index in [0.717, 1.165) is 32.0 Å². The van der Waals surface area contributed by atoms with Crippen molar-refractivity contribution in [3.63, 3.8) is 0 Å². The van der Waals surface area contributed by atoms with Crippen molar-refractivity contribution in [3.05, 3.63) is 0 Å². The molecule has 0 saturated carbocycles. The van der Waals surface area contributed by atoms with Crippen molar-refractivity contribution in [1.29, 1.82) is 0 Å². The number of hydrogen-bond donors (Lipinski definition) is 1. The summed E-state index contributed by atoms with van der Waals surface area (Å²) in [5.74, 6) is 0.643. The van der Waals surface area contributed by atoms with Gasteiger partial charge in [-0.2, -0.15) is 0 Å². The molecule has 1 amide bonds. The van der Waals surface area contributed by atoms with E-state index in [1.54, 1.807) is 0 Å². The molecule has 3 heteroatoms. The number of amides is 1. The highest BCUT2D eigenvalue weighted by Gasteiger charge is 2.24. The van der Waals surface area contributed by atoms with E-state index in [4.69, 9.17) is 0 Å². The SMILES string of the molecule is CC1CCCN(CCCC2CCCN2)C1=O. The van der Waals surface area contributed by atoms with Crippen LogP contribution in [0.15, 0.2) is 0 Å². The average Bonchev–Trinajstić information content (AvgIpc) is 2.77. The van der Waals surface area contributed by atoms with Crippen LogP contribution >= 0.6 is 0 Å². The molecule has 3 nitrogen and oxygen atoms in total. The lowest BCUT2D eigenvalue weighted by Gasteiger charge is -2.30. The van der Waals surface area contributed by atoms with Crippen LogP contribution in [0.3, 0.4) is 0 Å². The molecule has 0 aromatic rings. The molecule has 2 aliphatic rings. The summed E-state index contributed by atoms with van der Waals surface area (Å²) in [4.78, 5) is 13.9. The summed E-state index contributed by atoms with van der Waals surface area (Å²) < 4.78 is 0. The summed E-state index contributed by atoms with van der Waals surface area (Å²) in [6.45, 7) is 5.21. The predicted octanol–water partition coefficient (Wildman–Crippen LogP) is 1.78. The third-order valence-electron chi connectivity index (χ3n) is 3.94. The summed E-state index contributed by atoms with van der Waals surface area (Å²) in [6, 6.07) is 0.720. The zero-order valence-electron chi connectivity index (χ0n) is 10.4. The van der Waals surface area contributed by atoms with Crippen LogP contribution in [-0.2, 0) is 4.79 Å². The Labute approximate surface area is 98.6 Å². The zero-order chi connectivity index (χ0) is 11.4. The first-order valence-electron chi connectivity index (χ1n) is 6.79. The molecule has 2 fully saturated rings. The van der Waals surface area contributed by atoms with Crippen molar-refractivity contribution in [2.75, 3.05) is 19.6 Å². The van der Waals surface area contributed by atoms with E-state index in [1.165, 1.54) is 32.2 Å². The molecule has 16 heavy (non-hydrogen) atoms. The van der Waals surface area contributed by atoms with Crippen LogP contribution in [0.1, 0.15) is 45.4 Å². The molecule has 2 unspecified atom stereocenters. The van der Waals surface area contributed by atoms with Crippen molar-refractivity contribution in [1.82, 2.24) is 10.2 Å². The molecule has 92 valence electrons. The van der Waals surface area contributed by atoms with Crippen molar-refractivity contribution in [2.24, 2.45) is 5.92 Å². The van der Waals surface area contributed by atoms with Crippen LogP contribution in [0.2, 0.25) is 0 Å². The lowest BCUT2D eigenvalue weighted by atomic mass is 9.99. The van der Waals surface area contributed by atoms with Crippen molar-refractivity contribution in [3.8, 4) is 0 Å². The Morgan fingerprint density at radius 1 is 1.38 bits per heavy atom. The fourth-order valence-electron chi connectivity index (χ4n) is 2.89. The monoisotopic (exact) mass is 224 g/mol. The van der Waals surface area contributed by atoms with Gasteiger partial charge in [0.05, 0.1) is 0 Å².